The minimum atomic E-state index is -0.391. The Morgan fingerprint density at radius 1 is 1.14 bits per heavy atom. The van der Waals surface area contributed by atoms with Crippen molar-refractivity contribution in [2.24, 2.45) is 0 Å². The fourth-order valence-corrected chi connectivity index (χ4v) is 2.77. The summed E-state index contributed by atoms with van der Waals surface area (Å²) in [5.74, 6) is 0. The first kappa shape index (κ1) is 12.8. The molecule has 0 saturated carbocycles. The number of benzene rings is 1. The maximum atomic E-state index is 11.7. The number of hydrogen-bond donors (Lipinski definition) is 0. The molecule has 108 valence electrons. The normalized spacial score (nSPS) is 11.3. The lowest BCUT2D eigenvalue weighted by molar-refractivity contribution is 0.397. The molecule has 0 radical (unpaired) electrons. The van der Waals surface area contributed by atoms with Crippen LogP contribution in [0.5, 0.6) is 0 Å². The third-order valence-corrected chi connectivity index (χ3v) is 3.90. The quantitative estimate of drug-likeness (QED) is 0.569. The minimum absolute atomic E-state index is 0.391. The van der Waals surface area contributed by atoms with Crippen molar-refractivity contribution in [3.05, 3.63) is 59.3 Å². The molecule has 0 spiro atoms. The van der Waals surface area contributed by atoms with E-state index in [1.807, 2.05) is 42.0 Å². The van der Waals surface area contributed by atoms with Crippen LogP contribution in [0.25, 0.3) is 33.3 Å². The molecule has 0 bridgehead atoms. The van der Waals surface area contributed by atoms with E-state index in [9.17, 15) is 4.79 Å². The molecule has 1 aromatic carbocycles. The topological polar surface area (TPSA) is 60.9 Å². The smallest absolute Gasteiger partial charge is 0.347 e. The highest BCUT2D eigenvalue weighted by molar-refractivity contribution is 5.95. The Bertz CT molecular complexity index is 986. The second-order valence-corrected chi connectivity index (χ2v) is 5.12. The number of rotatable bonds is 2. The van der Waals surface area contributed by atoms with Gasteiger partial charge in [-0.1, -0.05) is 11.2 Å². The second-order valence-electron chi connectivity index (χ2n) is 5.12. The first-order chi connectivity index (χ1) is 10.8. The van der Waals surface area contributed by atoms with E-state index in [0.717, 1.165) is 28.6 Å². The lowest BCUT2D eigenvalue weighted by atomic mass is 10.0. The molecule has 3 heterocycles. The van der Waals surface area contributed by atoms with Crippen molar-refractivity contribution < 1.29 is 4.52 Å². The summed E-state index contributed by atoms with van der Waals surface area (Å²) < 4.78 is 6.85. The lowest BCUT2D eigenvalue weighted by Crippen LogP contribution is -2.04. The van der Waals surface area contributed by atoms with Gasteiger partial charge >= 0.3 is 5.63 Å². The van der Waals surface area contributed by atoms with Crippen molar-refractivity contribution in [1.82, 2.24) is 14.7 Å². The van der Waals surface area contributed by atoms with Crippen LogP contribution in [-0.4, -0.2) is 14.7 Å². The molecule has 0 unspecified atom stereocenters. The van der Waals surface area contributed by atoms with Gasteiger partial charge in [0.1, 0.15) is 11.3 Å². The molecular weight excluding hydrogens is 278 g/mol. The summed E-state index contributed by atoms with van der Waals surface area (Å²) in [6, 6.07) is 10.1. The predicted molar refractivity (Wildman–Crippen MR) is 83.8 cm³/mol. The average molecular weight is 291 g/mol. The number of fused-ring (bicyclic) bond motifs is 3. The first-order valence-electron chi connectivity index (χ1n) is 7.11. The Kier molecular flexibility index (Phi) is 2.79. The van der Waals surface area contributed by atoms with Crippen LogP contribution >= 0.6 is 0 Å². The largest absolute Gasteiger partial charge is 0.369 e. The molecule has 0 fully saturated rings. The Labute approximate surface area is 126 Å². The van der Waals surface area contributed by atoms with E-state index in [1.165, 1.54) is 0 Å². The van der Waals surface area contributed by atoms with Crippen molar-refractivity contribution in [2.75, 3.05) is 0 Å². The maximum Gasteiger partial charge on any atom is 0.369 e. The van der Waals surface area contributed by atoms with Gasteiger partial charge in [-0.2, -0.15) is 0 Å². The highest BCUT2D eigenvalue weighted by Gasteiger charge is 2.18. The summed E-state index contributed by atoms with van der Waals surface area (Å²) in [7, 11) is 0. The van der Waals surface area contributed by atoms with Crippen LogP contribution in [0.1, 0.15) is 6.92 Å². The summed E-state index contributed by atoms with van der Waals surface area (Å²) in [6.07, 6.45) is 5.36. The molecule has 0 N–H and O–H groups in total. The summed E-state index contributed by atoms with van der Waals surface area (Å²) in [5, 5.41) is 4.83. The standard InChI is InChI=1S/C17H13N3O2/c1-2-20-10-14-16(19-22-17(14)21)13-4-3-12(9-15(13)20)11-5-7-18-8-6-11/h3-10H,2H2,1H3. The molecule has 0 atom stereocenters. The maximum absolute atomic E-state index is 11.7. The number of aryl methyl sites for hydroxylation is 1. The van der Waals surface area contributed by atoms with Gasteiger partial charge in [-0.25, -0.2) is 4.79 Å². The molecule has 0 aliphatic carbocycles. The van der Waals surface area contributed by atoms with Gasteiger partial charge in [0.15, 0.2) is 0 Å². The fraction of sp³-hybridized carbons (Fsp3) is 0.118. The third kappa shape index (κ3) is 1.83. The van der Waals surface area contributed by atoms with Gasteiger partial charge in [-0.3, -0.25) is 4.98 Å². The van der Waals surface area contributed by atoms with Gasteiger partial charge in [0.2, 0.25) is 0 Å². The molecule has 2 aliphatic rings. The molecule has 5 nitrogen and oxygen atoms in total. The third-order valence-electron chi connectivity index (χ3n) is 3.90. The molecule has 22 heavy (non-hydrogen) atoms. The number of aromatic nitrogens is 3. The van der Waals surface area contributed by atoms with Crippen LogP contribution in [0.15, 0.2) is 58.2 Å². The Balaban J connectivity index is 2.06. The number of pyridine rings is 2. The van der Waals surface area contributed by atoms with Gasteiger partial charge < -0.3 is 9.09 Å². The Morgan fingerprint density at radius 3 is 2.73 bits per heavy atom. The zero-order valence-electron chi connectivity index (χ0n) is 12.0. The van der Waals surface area contributed by atoms with Crippen LogP contribution in [0, 0.1) is 0 Å². The van der Waals surface area contributed by atoms with Gasteiger partial charge in [-0.05, 0) is 42.3 Å². The molecule has 1 aromatic heterocycles. The van der Waals surface area contributed by atoms with Crippen LogP contribution in [-0.2, 0) is 6.54 Å². The highest BCUT2D eigenvalue weighted by Crippen LogP contribution is 2.30. The van der Waals surface area contributed by atoms with E-state index < -0.39 is 5.63 Å². The van der Waals surface area contributed by atoms with Gasteiger partial charge in [0.25, 0.3) is 0 Å². The molecule has 5 heteroatoms. The SMILES string of the molecule is CCn1cc2c(=O)onc-2c2ccc(-c3ccncc3)cc21. The summed E-state index contributed by atoms with van der Waals surface area (Å²) >= 11 is 0. The highest BCUT2D eigenvalue weighted by atomic mass is 16.5. The van der Waals surface area contributed by atoms with E-state index in [2.05, 4.69) is 16.2 Å². The second kappa shape index (κ2) is 4.80. The molecule has 0 saturated heterocycles. The Morgan fingerprint density at radius 2 is 1.95 bits per heavy atom. The van der Waals surface area contributed by atoms with Gasteiger partial charge in [-0.15, -0.1) is 0 Å². The van der Waals surface area contributed by atoms with Crippen LogP contribution in [0.4, 0.5) is 0 Å². The first-order valence-corrected chi connectivity index (χ1v) is 7.11. The molecule has 0 amide bonds. The fourth-order valence-electron chi connectivity index (χ4n) is 2.77. The van der Waals surface area contributed by atoms with Crippen molar-refractivity contribution in [2.45, 2.75) is 13.5 Å². The van der Waals surface area contributed by atoms with E-state index in [-0.39, 0.29) is 0 Å². The number of hydrogen-bond acceptors (Lipinski definition) is 4. The molecular formula is C17H13N3O2. The van der Waals surface area contributed by atoms with Crippen molar-refractivity contribution in [3.8, 4) is 22.4 Å². The Hall–Kier alpha value is -2.95. The lowest BCUT2D eigenvalue weighted by Gasteiger charge is -2.13. The summed E-state index contributed by atoms with van der Waals surface area (Å²) in [6.45, 7) is 2.80. The van der Waals surface area contributed by atoms with Crippen molar-refractivity contribution in [1.29, 1.82) is 0 Å². The monoisotopic (exact) mass is 291 g/mol. The average Bonchev–Trinajstić information content (AvgIpc) is 2.95. The summed E-state index contributed by atoms with van der Waals surface area (Å²) in [4.78, 5) is 15.8. The van der Waals surface area contributed by atoms with Crippen molar-refractivity contribution in [3.63, 3.8) is 0 Å². The van der Waals surface area contributed by atoms with Crippen LogP contribution < -0.4 is 5.63 Å². The summed E-state index contributed by atoms with van der Waals surface area (Å²) in [5.41, 5.74) is 3.97. The minimum Gasteiger partial charge on any atom is -0.347 e. The zero-order valence-corrected chi connectivity index (χ0v) is 12.0. The van der Waals surface area contributed by atoms with Gasteiger partial charge in [0, 0.05) is 30.5 Å². The van der Waals surface area contributed by atoms with Crippen LogP contribution in [0.3, 0.4) is 0 Å². The number of nitrogens with zero attached hydrogens (tertiary/aromatic N) is 3. The van der Waals surface area contributed by atoms with Gasteiger partial charge in [0.05, 0.1) is 5.52 Å². The molecule has 2 aliphatic heterocycles. The van der Waals surface area contributed by atoms with E-state index >= 15 is 0 Å². The van der Waals surface area contributed by atoms with E-state index in [4.69, 9.17) is 4.52 Å². The molecule has 4 rings (SSSR count). The molecule has 2 aromatic rings. The predicted octanol–water partition coefficient (Wildman–Crippen LogP) is 3.18. The van der Waals surface area contributed by atoms with Crippen molar-refractivity contribution >= 4 is 10.9 Å². The van der Waals surface area contributed by atoms with Crippen LogP contribution in [0.2, 0.25) is 0 Å². The van der Waals surface area contributed by atoms with E-state index in [1.54, 1.807) is 12.4 Å². The zero-order chi connectivity index (χ0) is 15.1. The van der Waals surface area contributed by atoms with E-state index in [0.29, 0.717) is 11.3 Å².